The van der Waals surface area contributed by atoms with Crippen molar-refractivity contribution in [2.75, 3.05) is 6.61 Å². The molecular formula is C21H17NO6. The number of benzene rings is 1. The maximum Gasteiger partial charge on any atom is 0.343 e. The molecule has 0 spiro atoms. The summed E-state index contributed by atoms with van der Waals surface area (Å²) in [6, 6.07) is 13.0. The van der Waals surface area contributed by atoms with E-state index in [0.717, 1.165) is 5.56 Å². The Morgan fingerprint density at radius 3 is 2.71 bits per heavy atom. The molecule has 4 rings (SSSR count). The van der Waals surface area contributed by atoms with Crippen molar-refractivity contribution in [2.45, 2.75) is 19.3 Å². The van der Waals surface area contributed by atoms with Crippen molar-refractivity contribution in [3.8, 4) is 17.1 Å². The number of pyridine rings is 1. The number of aromatic nitrogens is 1. The molecule has 0 saturated heterocycles. The molecule has 142 valence electrons. The minimum Gasteiger partial charge on any atom is -0.462 e. The molecule has 1 aliphatic rings. The fraction of sp³-hybridized carbons (Fsp3) is 0.190. The zero-order valence-electron chi connectivity index (χ0n) is 15.1. The molecule has 3 heterocycles. The highest BCUT2D eigenvalue weighted by Gasteiger charge is 2.36. The number of furan rings is 1. The van der Waals surface area contributed by atoms with Crippen molar-refractivity contribution in [1.82, 2.24) is 4.98 Å². The van der Waals surface area contributed by atoms with Gasteiger partial charge in [0.05, 0.1) is 24.5 Å². The topological polar surface area (TPSA) is 98.6 Å². The summed E-state index contributed by atoms with van der Waals surface area (Å²) in [6.45, 7) is 1.82. The van der Waals surface area contributed by atoms with E-state index in [9.17, 15) is 14.4 Å². The van der Waals surface area contributed by atoms with Crippen LogP contribution in [-0.2, 0) is 9.53 Å². The second-order valence-electron chi connectivity index (χ2n) is 6.29. The average molecular weight is 379 g/mol. The minimum atomic E-state index is -0.673. The van der Waals surface area contributed by atoms with Gasteiger partial charge in [-0.2, -0.15) is 0 Å². The second-order valence-corrected chi connectivity index (χ2v) is 6.29. The number of ether oxygens (including phenoxy) is 2. The van der Waals surface area contributed by atoms with Crippen molar-refractivity contribution in [3.63, 3.8) is 0 Å². The monoisotopic (exact) mass is 379 g/mol. The van der Waals surface area contributed by atoms with Gasteiger partial charge in [-0.1, -0.05) is 30.3 Å². The molecule has 0 amide bonds. The number of nitrogens with one attached hydrogen (secondary N) is 1. The fourth-order valence-electron chi connectivity index (χ4n) is 3.28. The number of H-pyrrole nitrogens is 1. The van der Waals surface area contributed by atoms with Crippen LogP contribution in [0.1, 0.15) is 40.9 Å². The summed E-state index contributed by atoms with van der Waals surface area (Å²) in [6.07, 6.45) is 1.14. The van der Waals surface area contributed by atoms with Crippen molar-refractivity contribution in [3.05, 3.63) is 75.9 Å². The molecule has 0 fully saturated rings. The molecule has 28 heavy (non-hydrogen) atoms. The third kappa shape index (κ3) is 3.11. The molecule has 0 aliphatic carbocycles. The van der Waals surface area contributed by atoms with Crippen LogP contribution in [0, 0.1) is 0 Å². The standard InChI is InChI=1S/C21H17NO6/c1-2-26-21(25)14-11-22-20(24)18-13(10-17(23)28-19(14)18)16-9-8-15(27-16)12-6-4-3-5-7-12/h3-9,11,13H,2,10H2,1H3,(H,22,24)/t13-/m0/s1. The molecule has 3 aromatic rings. The predicted molar refractivity (Wildman–Crippen MR) is 99.3 cm³/mol. The summed E-state index contributed by atoms with van der Waals surface area (Å²) in [7, 11) is 0. The number of fused-ring (bicyclic) bond motifs is 1. The third-order valence-corrected chi connectivity index (χ3v) is 4.54. The molecule has 1 atom stereocenters. The lowest BCUT2D eigenvalue weighted by Crippen LogP contribution is -2.29. The van der Waals surface area contributed by atoms with Gasteiger partial charge in [0.1, 0.15) is 17.1 Å². The summed E-state index contributed by atoms with van der Waals surface area (Å²) < 4.78 is 16.2. The molecular weight excluding hydrogens is 362 g/mol. The van der Waals surface area contributed by atoms with Gasteiger partial charge in [-0.15, -0.1) is 0 Å². The number of hydrogen-bond acceptors (Lipinski definition) is 6. The van der Waals surface area contributed by atoms with Gasteiger partial charge in [-0.25, -0.2) is 4.79 Å². The van der Waals surface area contributed by atoms with Crippen LogP contribution in [0.25, 0.3) is 11.3 Å². The van der Waals surface area contributed by atoms with Gasteiger partial charge in [0, 0.05) is 11.8 Å². The highest BCUT2D eigenvalue weighted by Crippen LogP contribution is 2.40. The predicted octanol–water partition coefficient (Wildman–Crippen LogP) is 3.25. The van der Waals surface area contributed by atoms with Crippen LogP contribution >= 0.6 is 0 Å². The number of hydrogen-bond donors (Lipinski definition) is 1. The molecule has 7 heteroatoms. The second kappa shape index (κ2) is 7.19. The highest BCUT2D eigenvalue weighted by atomic mass is 16.5. The van der Waals surface area contributed by atoms with Gasteiger partial charge in [-0.3, -0.25) is 9.59 Å². The molecule has 2 aromatic heterocycles. The van der Waals surface area contributed by atoms with E-state index in [1.54, 1.807) is 19.1 Å². The Kier molecular flexibility index (Phi) is 4.57. The Morgan fingerprint density at radius 1 is 1.18 bits per heavy atom. The quantitative estimate of drug-likeness (QED) is 0.699. The van der Waals surface area contributed by atoms with Crippen LogP contribution in [0.4, 0.5) is 0 Å². The van der Waals surface area contributed by atoms with Crippen molar-refractivity contribution in [2.24, 2.45) is 0 Å². The van der Waals surface area contributed by atoms with Crippen LogP contribution in [-0.4, -0.2) is 23.5 Å². The first-order chi connectivity index (χ1) is 13.6. The van der Waals surface area contributed by atoms with Gasteiger partial charge in [0.15, 0.2) is 5.75 Å². The number of rotatable bonds is 4. The van der Waals surface area contributed by atoms with Crippen molar-refractivity contribution < 1.29 is 23.5 Å². The van der Waals surface area contributed by atoms with Crippen LogP contribution in [0.2, 0.25) is 0 Å². The number of carbonyl (C=O) groups is 2. The molecule has 1 aromatic carbocycles. The van der Waals surface area contributed by atoms with E-state index in [2.05, 4.69) is 4.98 Å². The van der Waals surface area contributed by atoms with E-state index in [1.807, 2.05) is 30.3 Å². The lowest BCUT2D eigenvalue weighted by atomic mass is 9.90. The molecule has 7 nitrogen and oxygen atoms in total. The van der Waals surface area contributed by atoms with Gasteiger partial charge < -0.3 is 18.9 Å². The van der Waals surface area contributed by atoms with Gasteiger partial charge >= 0.3 is 11.9 Å². The minimum absolute atomic E-state index is 0.00402. The number of esters is 2. The first-order valence-electron chi connectivity index (χ1n) is 8.87. The Labute approximate surface area is 159 Å². The summed E-state index contributed by atoms with van der Waals surface area (Å²) in [5.41, 5.74) is 0.614. The average Bonchev–Trinajstić information content (AvgIpc) is 3.18. The lowest BCUT2D eigenvalue weighted by Gasteiger charge is -2.23. The van der Waals surface area contributed by atoms with Gasteiger partial charge in [0.2, 0.25) is 0 Å². The summed E-state index contributed by atoms with van der Waals surface area (Å²) in [5, 5.41) is 0. The normalized spacial score (nSPS) is 15.6. The Balaban J connectivity index is 1.80. The SMILES string of the molecule is CCOC(=O)c1c[nH]c(=O)c2c1OC(=O)C[C@H]2c1ccc(-c2ccccc2)o1. The van der Waals surface area contributed by atoms with Crippen molar-refractivity contribution in [1.29, 1.82) is 0 Å². The Morgan fingerprint density at radius 2 is 1.96 bits per heavy atom. The number of aromatic amines is 1. The molecule has 0 radical (unpaired) electrons. The van der Waals surface area contributed by atoms with E-state index in [4.69, 9.17) is 13.9 Å². The smallest absolute Gasteiger partial charge is 0.343 e. The lowest BCUT2D eigenvalue weighted by molar-refractivity contribution is -0.135. The zero-order chi connectivity index (χ0) is 19.7. The van der Waals surface area contributed by atoms with Gasteiger partial charge in [0.25, 0.3) is 5.56 Å². The summed E-state index contributed by atoms with van der Waals surface area (Å²) >= 11 is 0. The maximum absolute atomic E-state index is 12.5. The number of carbonyl (C=O) groups excluding carboxylic acids is 2. The summed E-state index contributed by atoms with van der Waals surface area (Å²) in [4.78, 5) is 39.5. The van der Waals surface area contributed by atoms with E-state index >= 15 is 0 Å². The Bertz CT molecular complexity index is 1100. The van der Waals surface area contributed by atoms with E-state index in [-0.39, 0.29) is 29.9 Å². The first kappa shape index (κ1) is 17.8. The largest absolute Gasteiger partial charge is 0.462 e. The molecule has 0 saturated carbocycles. The van der Waals surface area contributed by atoms with Gasteiger partial charge in [-0.05, 0) is 19.1 Å². The van der Waals surface area contributed by atoms with Crippen LogP contribution < -0.4 is 10.3 Å². The Hall–Kier alpha value is -3.61. The van der Waals surface area contributed by atoms with Crippen LogP contribution in [0.5, 0.6) is 5.75 Å². The maximum atomic E-state index is 12.5. The first-order valence-corrected chi connectivity index (χ1v) is 8.87. The molecule has 0 unspecified atom stereocenters. The fourth-order valence-corrected chi connectivity index (χ4v) is 3.28. The van der Waals surface area contributed by atoms with E-state index in [0.29, 0.717) is 11.5 Å². The highest BCUT2D eigenvalue weighted by molar-refractivity contribution is 5.94. The molecule has 0 bridgehead atoms. The van der Waals surface area contributed by atoms with E-state index < -0.39 is 23.4 Å². The van der Waals surface area contributed by atoms with E-state index in [1.165, 1.54) is 6.20 Å². The molecule has 1 aliphatic heterocycles. The molecule has 1 N–H and O–H groups in total. The van der Waals surface area contributed by atoms with Crippen LogP contribution in [0.15, 0.2) is 57.9 Å². The summed E-state index contributed by atoms with van der Waals surface area (Å²) in [5.74, 6) is -0.885. The zero-order valence-corrected chi connectivity index (χ0v) is 15.1. The van der Waals surface area contributed by atoms with Crippen molar-refractivity contribution >= 4 is 11.9 Å². The van der Waals surface area contributed by atoms with Crippen LogP contribution in [0.3, 0.4) is 0 Å². The third-order valence-electron chi connectivity index (χ3n) is 4.54.